The second kappa shape index (κ2) is 11.4. The third-order valence-corrected chi connectivity index (χ3v) is 5.86. The summed E-state index contributed by atoms with van der Waals surface area (Å²) < 4.78 is 16.1. The summed E-state index contributed by atoms with van der Waals surface area (Å²) in [6, 6.07) is 9.40. The second-order valence-electron chi connectivity index (χ2n) is 9.97. The smallest absolute Gasteiger partial charge is 0.411 e. The summed E-state index contributed by atoms with van der Waals surface area (Å²) in [6.07, 6.45) is 0.787. The van der Waals surface area contributed by atoms with E-state index in [0.29, 0.717) is 51.9 Å². The van der Waals surface area contributed by atoms with Gasteiger partial charge in [-0.3, -0.25) is 14.5 Å². The zero-order chi connectivity index (χ0) is 25.5. The minimum Gasteiger partial charge on any atom is -0.459 e. The fourth-order valence-corrected chi connectivity index (χ4v) is 4.13. The van der Waals surface area contributed by atoms with Crippen LogP contribution in [0.4, 0.5) is 9.59 Å². The molecule has 0 aliphatic carbocycles. The van der Waals surface area contributed by atoms with Gasteiger partial charge in [0.15, 0.2) is 0 Å². The van der Waals surface area contributed by atoms with Crippen LogP contribution in [0.1, 0.15) is 52.0 Å². The molecule has 0 atom stereocenters. The Bertz CT molecular complexity index is 905. The number of hydrogen-bond donors (Lipinski definition) is 1. The van der Waals surface area contributed by atoms with Crippen LogP contribution in [0, 0.1) is 0 Å². The fraction of sp³-hybridized carbons (Fsp3) is 0.600. The van der Waals surface area contributed by atoms with Crippen LogP contribution in [0.25, 0.3) is 0 Å². The Hall–Kier alpha value is -3.30. The number of nitrogens with one attached hydrogen (secondary N) is 1. The van der Waals surface area contributed by atoms with E-state index >= 15 is 0 Å². The number of esters is 1. The quantitative estimate of drug-likeness (QED) is 0.339. The summed E-state index contributed by atoms with van der Waals surface area (Å²) in [5.41, 5.74) is -0.399. The first kappa shape index (κ1) is 26.3. The maximum Gasteiger partial charge on any atom is 0.411 e. The molecular weight excluding hydrogens is 454 g/mol. The van der Waals surface area contributed by atoms with Crippen LogP contribution >= 0.6 is 0 Å². The topological polar surface area (TPSA) is 114 Å². The molecule has 2 saturated heterocycles. The standard InChI is InChI=1S/C25H35N3O7/c1-24(2,3)34-21(30)16-28-18-25(35-23(28)32)11-14-27(15-12-25)20(29)10-7-13-26-22(31)33-17-19-8-5-4-6-9-19/h4-6,8-9H,7,10-18H2,1-3H3,(H,26,31). The highest BCUT2D eigenvalue weighted by molar-refractivity contribution is 5.80. The lowest BCUT2D eigenvalue weighted by Gasteiger charge is -2.37. The van der Waals surface area contributed by atoms with E-state index in [2.05, 4.69) is 5.32 Å². The number of alkyl carbamates (subject to hydrolysis) is 1. The third kappa shape index (κ3) is 8.15. The van der Waals surface area contributed by atoms with Gasteiger partial charge in [-0.1, -0.05) is 30.3 Å². The Balaban J connectivity index is 1.33. The number of nitrogens with zero attached hydrogens (tertiary/aromatic N) is 2. The van der Waals surface area contributed by atoms with Crippen LogP contribution in [0.15, 0.2) is 30.3 Å². The first-order chi connectivity index (χ1) is 16.6. The van der Waals surface area contributed by atoms with Crippen LogP contribution in [-0.4, -0.2) is 77.8 Å². The number of benzene rings is 1. The lowest BCUT2D eigenvalue weighted by atomic mass is 9.91. The minimum atomic E-state index is -0.681. The van der Waals surface area contributed by atoms with Gasteiger partial charge in [-0.25, -0.2) is 9.59 Å². The van der Waals surface area contributed by atoms with E-state index in [4.69, 9.17) is 14.2 Å². The second-order valence-corrected chi connectivity index (χ2v) is 9.97. The number of carbonyl (C=O) groups is 4. The first-order valence-corrected chi connectivity index (χ1v) is 12.0. The molecule has 3 amide bonds. The maximum atomic E-state index is 12.6. The lowest BCUT2D eigenvalue weighted by molar-refractivity contribution is -0.155. The molecule has 10 heteroatoms. The van der Waals surface area contributed by atoms with Crippen molar-refractivity contribution in [3.8, 4) is 0 Å². The molecule has 1 aromatic carbocycles. The Morgan fingerprint density at radius 1 is 1.11 bits per heavy atom. The van der Waals surface area contributed by atoms with Crippen molar-refractivity contribution < 1.29 is 33.4 Å². The fourth-order valence-electron chi connectivity index (χ4n) is 4.13. The Labute approximate surface area is 205 Å². The Morgan fingerprint density at radius 2 is 1.80 bits per heavy atom. The summed E-state index contributed by atoms with van der Waals surface area (Å²) in [7, 11) is 0. The summed E-state index contributed by atoms with van der Waals surface area (Å²) in [5.74, 6) is -0.481. The number of amides is 3. The zero-order valence-electron chi connectivity index (χ0n) is 20.7. The Kier molecular flexibility index (Phi) is 8.58. The lowest BCUT2D eigenvalue weighted by Crippen LogP contribution is -2.49. The highest BCUT2D eigenvalue weighted by Gasteiger charge is 2.48. The van der Waals surface area contributed by atoms with Gasteiger partial charge < -0.3 is 24.4 Å². The van der Waals surface area contributed by atoms with Gasteiger partial charge >= 0.3 is 18.2 Å². The van der Waals surface area contributed by atoms with Crippen molar-refractivity contribution in [1.82, 2.24) is 15.1 Å². The molecule has 192 valence electrons. The molecule has 2 fully saturated rings. The molecule has 0 bridgehead atoms. The largest absolute Gasteiger partial charge is 0.459 e. The minimum absolute atomic E-state index is 0.00534. The zero-order valence-corrected chi connectivity index (χ0v) is 20.7. The first-order valence-electron chi connectivity index (χ1n) is 12.0. The molecule has 0 aromatic heterocycles. The Morgan fingerprint density at radius 3 is 2.46 bits per heavy atom. The summed E-state index contributed by atoms with van der Waals surface area (Å²) in [6.45, 7) is 6.95. The van der Waals surface area contributed by atoms with Crippen LogP contribution in [0.2, 0.25) is 0 Å². The molecule has 1 aromatic rings. The number of hydrogen-bond acceptors (Lipinski definition) is 7. The van der Waals surface area contributed by atoms with Gasteiger partial charge in [0.1, 0.15) is 24.4 Å². The third-order valence-electron chi connectivity index (χ3n) is 5.86. The summed E-state index contributed by atoms with van der Waals surface area (Å²) in [5, 5.41) is 2.66. The maximum absolute atomic E-state index is 12.6. The van der Waals surface area contributed by atoms with Crippen LogP contribution < -0.4 is 5.32 Å². The average molecular weight is 490 g/mol. The highest BCUT2D eigenvalue weighted by Crippen LogP contribution is 2.33. The average Bonchev–Trinajstić information content (AvgIpc) is 3.09. The molecule has 0 radical (unpaired) electrons. The molecule has 2 aliphatic rings. The van der Waals surface area contributed by atoms with Crippen molar-refractivity contribution in [1.29, 1.82) is 0 Å². The van der Waals surface area contributed by atoms with Crippen molar-refractivity contribution in [2.45, 2.75) is 64.3 Å². The van der Waals surface area contributed by atoms with E-state index in [9.17, 15) is 19.2 Å². The molecule has 1 N–H and O–H groups in total. The molecule has 3 rings (SSSR count). The molecule has 1 spiro atoms. The molecular formula is C25H35N3O7. The van der Waals surface area contributed by atoms with E-state index in [1.54, 1.807) is 25.7 Å². The molecule has 0 saturated carbocycles. The SMILES string of the molecule is CC(C)(C)OC(=O)CN1CC2(CCN(C(=O)CCCNC(=O)OCc3ccccc3)CC2)OC1=O. The van der Waals surface area contributed by atoms with Gasteiger partial charge in [0, 0.05) is 38.9 Å². The van der Waals surface area contributed by atoms with Crippen LogP contribution in [0.5, 0.6) is 0 Å². The van der Waals surface area contributed by atoms with E-state index in [-0.39, 0.29) is 19.1 Å². The van der Waals surface area contributed by atoms with Crippen LogP contribution in [0.3, 0.4) is 0 Å². The monoisotopic (exact) mass is 489 g/mol. The van der Waals surface area contributed by atoms with E-state index < -0.39 is 29.4 Å². The van der Waals surface area contributed by atoms with Gasteiger partial charge in [0.05, 0.1) is 6.54 Å². The number of piperidine rings is 1. The van der Waals surface area contributed by atoms with Gasteiger partial charge in [0.2, 0.25) is 5.91 Å². The van der Waals surface area contributed by atoms with E-state index in [1.807, 2.05) is 30.3 Å². The van der Waals surface area contributed by atoms with Gasteiger partial charge in [-0.05, 0) is 32.8 Å². The van der Waals surface area contributed by atoms with E-state index in [0.717, 1.165) is 5.56 Å². The molecule has 2 aliphatic heterocycles. The van der Waals surface area contributed by atoms with Crippen LogP contribution in [-0.2, 0) is 30.4 Å². The van der Waals surface area contributed by atoms with Gasteiger partial charge in [0.25, 0.3) is 0 Å². The van der Waals surface area contributed by atoms with Gasteiger partial charge in [-0.2, -0.15) is 0 Å². The van der Waals surface area contributed by atoms with Crippen molar-refractivity contribution >= 4 is 24.1 Å². The summed E-state index contributed by atoms with van der Waals surface area (Å²) >= 11 is 0. The molecule has 10 nitrogen and oxygen atoms in total. The normalized spacial score (nSPS) is 17.2. The van der Waals surface area contributed by atoms with Crippen molar-refractivity contribution in [2.24, 2.45) is 0 Å². The predicted octanol–water partition coefficient (Wildman–Crippen LogP) is 2.85. The number of rotatable bonds is 8. The van der Waals surface area contributed by atoms with Crippen molar-refractivity contribution in [2.75, 3.05) is 32.7 Å². The van der Waals surface area contributed by atoms with Crippen molar-refractivity contribution in [3.63, 3.8) is 0 Å². The number of likely N-dealkylation sites (tertiary alicyclic amines) is 1. The highest BCUT2D eigenvalue weighted by atomic mass is 16.6. The number of ether oxygens (including phenoxy) is 3. The predicted molar refractivity (Wildman–Crippen MR) is 126 cm³/mol. The molecule has 0 unspecified atom stereocenters. The van der Waals surface area contributed by atoms with Crippen molar-refractivity contribution in [3.05, 3.63) is 35.9 Å². The number of carbonyl (C=O) groups excluding carboxylic acids is 4. The summed E-state index contributed by atoms with van der Waals surface area (Å²) in [4.78, 5) is 51.9. The van der Waals surface area contributed by atoms with Gasteiger partial charge in [-0.15, -0.1) is 0 Å². The molecule has 2 heterocycles. The molecule has 35 heavy (non-hydrogen) atoms. The van der Waals surface area contributed by atoms with E-state index in [1.165, 1.54) is 4.90 Å².